The molecule has 1 amide bonds. The summed E-state index contributed by atoms with van der Waals surface area (Å²) in [6.45, 7) is 1.41. The molecule has 1 aromatic carbocycles. The normalized spacial score (nSPS) is 16.1. The molecule has 1 aliphatic heterocycles. The van der Waals surface area contributed by atoms with Crippen LogP contribution in [0.1, 0.15) is 23.2 Å². The highest BCUT2D eigenvalue weighted by atomic mass is 16.5. The number of amides is 1. The van der Waals surface area contributed by atoms with Crippen molar-refractivity contribution in [2.24, 2.45) is 0 Å². The summed E-state index contributed by atoms with van der Waals surface area (Å²) in [7, 11) is 3.39. The number of carbonyl (C=O) groups excluding carboxylic acids is 1. The van der Waals surface area contributed by atoms with Crippen molar-refractivity contribution >= 4 is 11.6 Å². The number of hydrogen-bond donors (Lipinski definition) is 1. The zero-order chi connectivity index (χ0) is 13.8. The predicted molar refractivity (Wildman–Crippen MR) is 73.3 cm³/mol. The first-order valence-electron chi connectivity index (χ1n) is 6.42. The van der Waals surface area contributed by atoms with Crippen LogP contribution in [0.3, 0.4) is 0 Å². The van der Waals surface area contributed by atoms with Crippen LogP contribution >= 0.6 is 0 Å². The van der Waals surface area contributed by atoms with Crippen molar-refractivity contribution in [3.63, 3.8) is 0 Å². The van der Waals surface area contributed by atoms with Gasteiger partial charge in [0.2, 0.25) is 0 Å². The van der Waals surface area contributed by atoms with E-state index in [0.717, 1.165) is 12.8 Å². The average molecular weight is 264 g/mol. The van der Waals surface area contributed by atoms with Crippen molar-refractivity contribution in [1.29, 1.82) is 0 Å². The third-order valence-electron chi connectivity index (χ3n) is 3.55. The van der Waals surface area contributed by atoms with Gasteiger partial charge in [0.1, 0.15) is 5.75 Å². The first-order chi connectivity index (χ1) is 9.13. The van der Waals surface area contributed by atoms with Crippen molar-refractivity contribution in [2.75, 3.05) is 33.1 Å². The van der Waals surface area contributed by atoms with Gasteiger partial charge in [-0.25, -0.2) is 0 Å². The fraction of sp³-hybridized carbons (Fsp3) is 0.500. The summed E-state index contributed by atoms with van der Waals surface area (Å²) in [4.78, 5) is 14.2. The number of anilines is 1. The Bertz CT molecular complexity index is 456. The van der Waals surface area contributed by atoms with E-state index in [4.69, 9.17) is 15.2 Å². The Morgan fingerprint density at radius 3 is 2.74 bits per heavy atom. The maximum Gasteiger partial charge on any atom is 0.256 e. The van der Waals surface area contributed by atoms with Crippen LogP contribution in [0.25, 0.3) is 0 Å². The largest absolute Gasteiger partial charge is 0.497 e. The van der Waals surface area contributed by atoms with Crippen molar-refractivity contribution < 1.29 is 14.3 Å². The van der Waals surface area contributed by atoms with E-state index in [-0.39, 0.29) is 11.9 Å². The van der Waals surface area contributed by atoms with Gasteiger partial charge in [0.15, 0.2) is 0 Å². The molecule has 5 nitrogen and oxygen atoms in total. The van der Waals surface area contributed by atoms with Gasteiger partial charge in [-0.05, 0) is 31.0 Å². The lowest BCUT2D eigenvalue weighted by Crippen LogP contribution is -2.40. The third kappa shape index (κ3) is 2.98. The number of nitrogen functional groups attached to an aromatic ring is 1. The van der Waals surface area contributed by atoms with Crippen molar-refractivity contribution in [3.8, 4) is 5.75 Å². The molecule has 0 radical (unpaired) electrons. The van der Waals surface area contributed by atoms with Crippen LogP contribution in [-0.2, 0) is 4.74 Å². The van der Waals surface area contributed by atoms with Crippen LogP contribution < -0.4 is 10.5 Å². The van der Waals surface area contributed by atoms with Crippen LogP contribution in [0.4, 0.5) is 5.69 Å². The molecule has 5 heteroatoms. The maximum atomic E-state index is 12.5. The van der Waals surface area contributed by atoms with E-state index in [1.807, 2.05) is 7.05 Å². The number of rotatable bonds is 3. The minimum atomic E-state index is -0.0664. The Labute approximate surface area is 113 Å². The molecule has 0 bridgehead atoms. The highest BCUT2D eigenvalue weighted by molar-refractivity contribution is 5.99. The van der Waals surface area contributed by atoms with Crippen LogP contribution in [0.15, 0.2) is 18.2 Å². The minimum Gasteiger partial charge on any atom is -0.497 e. The molecule has 1 aromatic rings. The Hall–Kier alpha value is -1.75. The van der Waals surface area contributed by atoms with E-state index in [1.165, 1.54) is 0 Å². The number of ether oxygens (including phenoxy) is 2. The lowest BCUT2D eigenvalue weighted by molar-refractivity contribution is 0.0362. The first kappa shape index (κ1) is 13.7. The zero-order valence-electron chi connectivity index (χ0n) is 11.4. The van der Waals surface area contributed by atoms with Gasteiger partial charge >= 0.3 is 0 Å². The van der Waals surface area contributed by atoms with Gasteiger partial charge in [0.25, 0.3) is 5.91 Å². The average Bonchev–Trinajstić information content (AvgIpc) is 2.47. The second-order valence-corrected chi connectivity index (χ2v) is 4.71. The smallest absolute Gasteiger partial charge is 0.256 e. The van der Waals surface area contributed by atoms with Gasteiger partial charge in [0.05, 0.1) is 12.7 Å². The van der Waals surface area contributed by atoms with Gasteiger partial charge in [0, 0.05) is 32.0 Å². The molecule has 104 valence electrons. The summed E-state index contributed by atoms with van der Waals surface area (Å²) in [5.41, 5.74) is 6.86. The van der Waals surface area contributed by atoms with E-state index in [1.54, 1.807) is 30.2 Å². The van der Waals surface area contributed by atoms with Gasteiger partial charge in [-0.3, -0.25) is 4.79 Å². The number of hydrogen-bond acceptors (Lipinski definition) is 4. The summed E-state index contributed by atoms with van der Waals surface area (Å²) in [6, 6.07) is 5.35. The quantitative estimate of drug-likeness (QED) is 0.841. The zero-order valence-corrected chi connectivity index (χ0v) is 11.4. The standard InChI is InChI=1S/C14H20N2O3/c1-16(10-5-7-19-8-6-10)14(17)12-9-11(18-2)3-4-13(12)15/h3-4,9-10H,5-8,15H2,1-2H3. The van der Waals surface area contributed by atoms with Gasteiger partial charge in [-0.15, -0.1) is 0 Å². The van der Waals surface area contributed by atoms with E-state index < -0.39 is 0 Å². The van der Waals surface area contributed by atoms with E-state index in [9.17, 15) is 4.79 Å². The maximum absolute atomic E-state index is 12.5. The molecule has 1 heterocycles. The molecule has 1 fully saturated rings. The Kier molecular flexibility index (Phi) is 4.27. The van der Waals surface area contributed by atoms with Gasteiger partial charge in [-0.2, -0.15) is 0 Å². The highest BCUT2D eigenvalue weighted by Crippen LogP contribution is 2.23. The monoisotopic (exact) mass is 264 g/mol. The van der Waals surface area contributed by atoms with Crippen molar-refractivity contribution in [1.82, 2.24) is 4.90 Å². The molecule has 0 atom stereocenters. The Morgan fingerprint density at radius 1 is 1.42 bits per heavy atom. The summed E-state index contributed by atoms with van der Waals surface area (Å²) in [5.74, 6) is 0.571. The SMILES string of the molecule is COc1ccc(N)c(C(=O)N(C)C2CCOCC2)c1. The van der Waals surface area contributed by atoms with Gasteiger partial charge in [-0.1, -0.05) is 0 Å². The van der Waals surface area contributed by atoms with Crippen LogP contribution in [-0.4, -0.2) is 44.2 Å². The summed E-state index contributed by atoms with van der Waals surface area (Å²) >= 11 is 0. The van der Waals surface area contributed by atoms with E-state index in [0.29, 0.717) is 30.2 Å². The lowest BCUT2D eigenvalue weighted by atomic mass is 10.1. The van der Waals surface area contributed by atoms with E-state index in [2.05, 4.69) is 0 Å². The van der Waals surface area contributed by atoms with Crippen molar-refractivity contribution in [2.45, 2.75) is 18.9 Å². The first-order valence-corrected chi connectivity index (χ1v) is 6.42. The molecule has 0 aliphatic carbocycles. The summed E-state index contributed by atoms with van der Waals surface area (Å²) < 4.78 is 10.5. The molecule has 0 unspecified atom stereocenters. The molecule has 2 rings (SSSR count). The Balaban J connectivity index is 2.18. The Morgan fingerprint density at radius 2 is 2.11 bits per heavy atom. The number of nitrogens with two attached hydrogens (primary N) is 1. The van der Waals surface area contributed by atoms with E-state index >= 15 is 0 Å². The molecule has 0 saturated carbocycles. The molecule has 0 aromatic heterocycles. The molecule has 19 heavy (non-hydrogen) atoms. The predicted octanol–water partition coefficient (Wildman–Crippen LogP) is 1.53. The third-order valence-corrected chi connectivity index (χ3v) is 3.55. The summed E-state index contributed by atoms with van der Waals surface area (Å²) in [6.07, 6.45) is 1.73. The molecule has 1 aliphatic rings. The summed E-state index contributed by atoms with van der Waals surface area (Å²) in [5, 5.41) is 0. The molecular formula is C14H20N2O3. The number of carbonyl (C=O) groups is 1. The lowest BCUT2D eigenvalue weighted by Gasteiger charge is -2.31. The topological polar surface area (TPSA) is 64.8 Å². The van der Waals surface area contributed by atoms with Gasteiger partial charge < -0.3 is 20.1 Å². The van der Waals surface area contributed by atoms with Crippen LogP contribution in [0, 0.1) is 0 Å². The fourth-order valence-electron chi connectivity index (χ4n) is 2.28. The molecule has 2 N–H and O–H groups in total. The fourth-order valence-corrected chi connectivity index (χ4v) is 2.28. The second kappa shape index (κ2) is 5.93. The number of methoxy groups -OCH3 is 1. The molecule has 0 spiro atoms. The second-order valence-electron chi connectivity index (χ2n) is 4.71. The van der Waals surface area contributed by atoms with Crippen LogP contribution in [0.5, 0.6) is 5.75 Å². The highest BCUT2D eigenvalue weighted by Gasteiger charge is 2.24. The van der Waals surface area contributed by atoms with Crippen LogP contribution in [0.2, 0.25) is 0 Å². The molecule has 1 saturated heterocycles. The number of benzene rings is 1. The minimum absolute atomic E-state index is 0.0664. The number of nitrogens with zero attached hydrogens (tertiary/aromatic N) is 1. The molecular weight excluding hydrogens is 244 g/mol. The van der Waals surface area contributed by atoms with Crippen molar-refractivity contribution in [3.05, 3.63) is 23.8 Å².